The molecule has 0 saturated carbocycles. The normalized spacial score (nSPS) is 10.8. The first-order valence-electron chi connectivity index (χ1n) is 6.85. The van der Waals surface area contributed by atoms with Gasteiger partial charge in [0, 0.05) is 5.56 Å². The van der Waals surface area contributed by atoms with Crippen molar-refractivity contribution in [3.8, 4) is 11.4 Å². The van der Waals surface area contributed by atoms with Crippen LogP contribution in [0.25, 0.3) is 22.8 Å². The summed E-state index contributed by atoms with van der Waals surface area (Å²) in [7, 11) is 0. The van der Waals surface area contributed by atoms with Gasteiger partial charge >= 0.3 is 0 Å². The van der Waals surface area contributed by atoms with E-state index in [4.69, 9.17) is 0 Å². The molecule has 0 aliphatic rings. The SMILES string of the molecule is CC(C)=Cc1cc(C)cc(-n2nc3ccccc3n2)c1O. The highest BCUT2D eigenvalue weighted by Gasteiger charge is 2.12. The van der Waals surface area contributed by atoms with E-state index in [0.29, 0.717) is 5.69 Å². The molecule has 0 aliphatic heterocycles. The Hall–Kier alpha value is -2.62. The Kier molecular flexibility index (Phi) is 3.22. The number of nitrogens with zero attached hydrogens (tertiary/aromatic N) is 3. The highest BCUT2D eigenvalue weighted by atomic mass is 16.3. The van der Waals surface area contributed by atoms with Gasteiger partial charge in [0.05, 0.1) is 0 Å². The van der Waals surface area contributed by atoms with Gasteiger partial charge in [-0.05, 0) is 50.6 Å². The first-order valence-corrected chi connectivity index (χ1v) is 6.85. The van der Waals surface area contributed by atoms with Crippen LogP contribution in [0.1, 0.15) is 25.0 Å². The highest BCUT2D eigenvalue weighted by Crippen LogP contribution is 2.29. The number of hydrogen-bond acceptors (Lipinski definition) is 3. The maximum Gasteiger partial charge on any atom is 0.150 e. The fourth-order valence-corrected chi connectivity index (χ4v) is 2.33. The van der Waals surface area contributed by atoms with Crippen LogP contribution in [0.3, 0.4) is 0 Å². The van der Waals surface area contributed by atoms with Crippen molar-refractivity contribution < 1.29 is 5.11 Å². The number of rotatable bonds is 2. The lowest BCUT2D eigenvalue weighted by Gasteiger charge is -2.08. The second-order valence-electron chi connectivity index (χ2n) is 5.42. The van der Waals surface area contributed by atoms with E-state index in [-0.39, 0.29) is 5.75 Å². The number of aromatic hydroxyl groups is 1. The van der Waals surface area contributed by atoms with Crippen LogP contribution in [0.15, 0.2) is 42.0 Å². The number of fused-ring (bicyclic) bond motifs is 1. The predicted molar refractivity (Wildman–Crippen MR) is 84.6 cm³/mol. The molecule has 4 nitrogen and oxygen atoms in total. The molecular formula is C17H17N3O. The summed E-state index contributed by atoms with van der Waals surface area (Å²) < 4.78 is 0. The quantitative estimate of drug-likeness (QED) is 0.775. The van der Waals surface area contributed by atoms with Gasteiger partial charge in [0.2, 0.25) is 0 Å². The summed E-state index contributed by atoms with van der Waals surface area (Å²) in [4.78, 5) is 1.50. The Morgan fingerprint density at radius 1 is 1.10 bits per heavy atom. The Bertz CT molecular complexity index is 809. The number of hydrogen-bond donors (Lipinski definition) is 1. The molecule has 0 atom stereocenters. The van der Waals surface area contributed by atoms with Crippen LogP contribution >= 0.6 is 0 Å². The maximum atomic E-state index is 10.5. The minimum Gasteiger partial charge on any atom is -0.505 e. The molecule has 1 aromatic heterocycles. The average molecular weight is 279 g/mol. The smallest absolute Gasteiger partial charge is 0.150 e. The molecule has 0 spiro atoms. The second kappa shape index (κ2) is 5.05. The molecule has 0 unspecified atom stereocenters. The van der Waals surface area contributed by atoms with Crippen molar-refractivity contribution >= 4 is 17.1 Å². The van der Waals surface area contributed by atoms with E-state index in [1.54, 1.807) is 0 Å². The number of aryl methyl sites for hydroxylation is 1. The van der Waals surface area contributed by atoms with E-state index in [9.17, 15) is 5.11 Å². The van der Waals surface area contributed by atoms with Gasteiger partial charge in [0.15, 0.2) is 0 Å². The van der Waals surface area contributed by atoms with Crippen molar-refractivity contribution in [2.75, 3.05) is 0 Å². The first kappa shape index (κ1) is 13.4. The van der Waals surface area contributed by atoms with Crippen molar-refractivity contribution in [1.29, 1.82) is 0 Å². The van der Waals surface area contributed by atoms with Crippen LogP contribution in [0.5, 0.6) is 5.75 Å². The van der Waals surface area contributed by atoms with Gasteiger partial charge in [-0.3, -0.25) is 0 Å². The lowest BCUT2D eigenvalue weighted by molar-refractivity contribution is 0.466. The third kappa shape index (κ3) is 2.52. The summed E-state index contributed by atoms with van der Waals surface area (Å²) in [6.07, 6.45) is 1.95. The van der Waals surface area contributed by atoms with Crippen LogP contribution in [0.2, 0.25) is 0 Å². The first-order chi connectivity index (χ1) is 10.0. The Morgan fingerprint density at radius 3 is 2.29 bits per heavy atom. The number of phenols is 1. The van der Waals surface area contributed by atoms with Crippen LogP contribution in [0.4, 0.5) is 0 Å². The highest BCUT2D eigenvalue weighted by molar-refractivity contribution is 5.74. The molecule has 0 saturated heterocycles. The van der Waals surface area contributed by atoms with Gasteiger partial charge in [0.1, 0.15) is 22.5 Å². The standard InChI is InChI=1S/C17H17N3O/c1-11(2)8-13-9-12(3)10-16(17(13)21)20-18-14-6-4-5-7-15(14)19-20/h4-10,21H,1-3H3. The Morgan fingerprint density at radius 2 is 1.71 bits per heavy atom. The van der Waals surface area contributed by atoms with Crippen molar-refractivity contribution in [3.63, 3.8) is 0 Å². The van der Waals surface area contributed by atoms with E-state index >= 15 is 0 Å². The number of allylic oxidation sites excluding steroid dienone is 1. The summed E-state index contributed by atoms with van der Waals surface area (Å²) in [5, 5.41) is 19.4. The molecule has 0 aliphatic carbocycles. The average Bonchev–Trinajstić information content (AvgIpc) is 2.85. The van der Waals surface area contributed by atoms with Gasteiger partial charge in [0.25, 0.3) is 0 Å². The molecule has 3 rings (SSSR count). The molecule has 0 amide bonds. The third-order valence-corrected chi connectivity index (χ3v) is 3.21. The van der Waals surface area contributed by atoms with Crippen LogP contribution < -0.4 is 0 Å². The van der Waals surface area contributed by atoms with Gasteiger partial charge in [-0.1, -0.05) is 23.8 Å². The molecule has 1 heterocycles. The molecule has 2 aromatic carbocycles. The summed E-state index contributed by atoms with van der Waals surface area (Å²) >= 11 is 0. The van der Waals surface area contributed by atoms with Crippen LogP contribution in [0, 0.1) is 6.92 Å². The number of phenolic OH excluding ortho intramolecular Hbond substituents is 1. The van der Waals surface area contributed by atoms with Crippen molar-refractivity contribution in [3.05, 3.63) is 53.1 Å². The third-order valence-electron chi connectivity index (χ3n) is 3.21. The Balaban J connectivity index is 2.22. The van der Waals surface area contributed by atoms with Gasteiger partial charge < -0.3 is 5.11 Å². The molecule has 1 N–H and O–H groups in total. The zero-order chi connectivity index (χ0) is 15.0. The van der Waals surface area contributed by atoms with Gasteiger partial charge in [-0.25, -0.2) is 0 Å². The van der Waals surface area contributed by atoms with Gasteiger partial charge in [-0.15, -0.1) is 15.0 Å². The van der Waals surface area contributed by atoms with Crippen molar-refractivity contribution in [1.82, 2.24) is 15.0 Å². The summed E-state index contributed by atoms with van der Waals surface area (Å²) in [6, 6.07) is 11.5. The molecule has 21 heavy (non-hydrogen) atoms. The molecule has 0 radical (unpaired) electrons. The topological polar surface area (TPSA) is 50.9 Å². The molecule has 106 valence electrons. The summed E-state index contributed by atoms with van der Waals surface area (Å²) in [5.41, 5.74) is 5.17. The van der Waals surface area contributed by atoms with Crippen LogP contribution in [-0.4, -0.2) is 20.1 Å². The zero-order valence-electron chi connectivity index (χ0n) is 12.3. The zero-order valence-corrected chi connectivity index (χ0v) is 12.3. The van der Waals surface area contributed by atoms with Crippen LogP contribution in [-0.2, 0) is 0 Å². The second-order valence-corrected chi connectivity index (χ2v) is 5.42. The minimum atomic E-state index is 0.196. The Labute approximate surface area is 123 Å². The van der Waals surface area contributed by atoms with E-state index in [1.807, 2.05) is 63.2 Å². The summed E-state index contributed by atoms with van der Waals surface area (Å²) in [6.45, 7) is 6.00. The lowest BCUT2D eigenvalue weighted by Crippen LogP contribution is -2.00. The number of aromatic nitrogens is 3. The van der Waals surface area contributed by atoms with E-state index in [0.717, 1.165) is 27.7 Å². The maximum absolute atomic E-state index is 10.5. The van der Waals surface area contributed by atoms with E-state index in [2.05, 4.69) is 10.2 Å². The fourth-order valence-electron chi connectivity index (χ4n) is 2.33. The van der Waals surface area contributed by atoms with Crippen molar-refractivity contribution in [2.45, 2.75) is 20.8 Å². The minimum absolute atomic E-state index is 0.196. The van der Waals surface area contributed by atoms with E-state index in [1.165, 1.54) is 4.80 Å². The molecule has 0 fully saturated rings. The molecule has 4 heteroatoms. The number of benzene rings is 2. The molecular weight excluding hydrogens is 262 g/mol. The predicted octanol–water partition coefficient (Wildman–Crippen LogP) is 3.86. The van der Waals surface area contributed by atoms with Crippen molar-refractivity contribution in [2.24, 2.45) is 0 Å². The monoisotopic (exact) mass is 279 g/mol. The fraction of sp³-hybridized carbons (Fsp3) is 0.176. The lowest BCUT2D eigenvalue weighted by atomic mass is 10.1. The van der Waals surface area contributed by atoms with Gasteiger partial charge in [-0.2, -0.15) is 0 Å². The summed E-state index contributed by atoms with van der Waals surface area (Å²) in [5.74, 6) is 0.196. The van der Waals surface area contributed by atoms with E-state index < -0.39 is 0 Å². The largest absolute Gasteiger partial charge is 0.505 e. The molecule has 0 bridgehead atoms. The molecule has 3 aromatic rings.